The van der Waals surface area contributed by atoms with Crippen molar-refractivity contribution in [3.8, 4) is 5.75 Å². The zero-order chi connectivity index (χ0) is 15.5. The van der Waals surface area contributed by atoms with Crippen molar-refractivity contribution in [3.05, 3.63) is 24.3 Å². The van der Waals surface area contributed by atoms with Gasteiger partial charge < -0.3 is 21.0 Å². The van der Waals surface area contributed by atoms with Crippen LogP contribution in [0.5, 0.6) is 5.75 Å². The third-order valence-corrected chi connectivity index (χ3v) is 2.92. The fourth-order valence-corrected chi connectivity index (χ4v) is 1.80. The van der Waals surface area contributed by atoms with Crippen LogP contribution in [0.4, 0.5) is 5.69 Å². The van der Waals surface area contributed by atoms with E-state index in [1.165, 1.54) is 0 Å². The average Bonchev–Trinajstić information content (AvgIpc) is 2.50. The Morgan fingerprint density at radius 2 is 2.10 bits per heavy atom. The lowest BCUT2D eigenvalue weighted by Gasteiger charge is -2.12. The van der Waals surface area contributed by atoms with Crippen LogP contribution in [-0.2, 0) is 4.79 Å². The largest absolute Gasteiger partial charge is 0.483 e. The van der Waals surface area contributed by atoms with Gasteiger partial charge in [0.05, 0.1) is 5.69 Å². The van der Waals surface area contributed by atoms with E-state index in [0.29, 0.717) is 17.9 Å². The Balaban J connectivity index is 2.52. The zero-order valence-electron chi connectivity index (χ0n) is 12.3. The highest BCUT2D eigenvalue weighted by molar-refractivity contribution is 5.92. The molecule has 21 heavy (non-hydrogen) atoms. The Labute approximate surface area is 125 Å². The quantitative estimate of drug-likeness (QED) is 0.214. The van der Waals surface area contributed by atoms with Crippen LogP contribution in [0.3, 0.4) is 0 Å². The van der Waals surface area contributed by atoms with Crippen molar-refractivity contribution >= 4 is 17.4 Å². The lowest BCUT2D eigenvalue weighted by atomic mass is 10.1. The summed E-state index contributed by atoms with van der Waals surface area (Å²) in [6.45, 7) is 2.09. The molecular formula is C15H23N3O3. The number of nitrogens with two attached hydrogens (primary N) is 1. The number of carbonyl (C=O) groups is 1. The van der Waals surface area contributed by atoms with E-state index in [4.69, 9.17) is 15.7 Å². The number of ether oxygens (including phenoxy) is 1. The highest BCUT2D eigenvalue weighted by Gasteiger charge is 2.08. The minimum atomic E-state index is -0.0418. The van der Waals surface area contributed by atoms with Crippen molar-refractivity contribution in [2.45, 2.75) is 39.0 Å². The number of para-hydroxylation sites is 2. The Morgan fingerprint density at radius 1 is 1.33 bits per heavy atom. The molecule has 1 rings (SSSR count). The number of unbranched alkanes of at least 4 members (excludes halogenated alkanes) is 3. The Morgan fingerprint density at radius 3 is 2.81 bits per heavy atom. The molecule has 116 valence electrons. The topological polar surface area (TPSA) is 96.9 Å². The number of benzene rings is 1. The van der Waals surface area contributed by atoms with Crippen molar-refractivity contribution in [2.24, 2.45) is 10.9 Å². The standard InChI is InChI=1S/C15H23N3O3/c1-2-3-4-5-10-15(19)17-12-8-6-7-9-13(12)21-11-14(16)18-20/h6-9,20H,2-5,10-11H2,1H3,(H2,16,18)(H,17,19). The molecule has 0 saturated heterocycles. The number of amides is 1. The summed E-state index contributed by atoms with van der Waals surface area (Å²) in [5, 5.41) is 14.1. The number of nitrogens with zero attached hydrogens (tertiary/aromatic N) is 1. The van der Waals surface area contributed by atoms with E-state index < -0.39 is 0 Å². The molecule has 1 aromatic carbocycles. The second kappa shape index (κ2) is 9.63. The number of nitrogens with one attached hydrogen (secondary N) is 1. The summed E-state index contributed by atoms with van der Waals surface area (Å²) < 4.78 is 5.40. The van der Waals surface area contributed by atoms with Crippen molar-refractivity contribution < 1.29 is 14.7 Å². The minimum Gasteiger partial charge on any atom is -0.483 e. The van der Waals surface area contributed by atoms with E-state index in [-0.39, 0.29) is 18.3 Å². The van der Waals surface area contributed by atoms with Gasteiger partial charge in [-0.05, 0) is 18.6 Å². The number of rotatable bonds is 9. The van der Waals surface area contributed by atoms with Gasteiger partial charge in [-0.25, -0.2) is 0 Å². The Kier molecular flexibility index (Phi) is 7.71. The molecule has 0 unspecified atom stereocenters. The fourth-order valence-electron chi connectivity index (χ4n) is 1.80. The first kappa shape index (κ1) is 16.8. The van der Waals surface area contributed by atoms with Gasteiger partial charge in [0.1, 0.15) is 12.4 Å². The van der Waals surface area contributed by atoms with Crippen LogP contribution in [0.2, 0.25) is 0 Å². The molecule has 0 aliphatic carbocycles. The Hall–Kier alpha value is -2.24. The molecule has 0 atom stereocenters. The normalized spacial score (nSPS) is 11.2. The molecule has 0 spiro atoms. The number of hydrogen-bond donors (Lipinski definition) is 3. The maximum Gasteiger partial charge on any atom is 0.224 e. The Bertz CT molecular complexity index is 475. The fraction of sp³-hybridized carbons (Fsp3) is 0.467. The summed E-state index contributed by atoms with van der Waals surface area (Å²) in [7, 11) is 0. The number of carbonyl (C=O) groups excluding carboxylic acids is 1. The van der Waals surface area contributed by atoms with Crippen LogP contribution in [0, 0.1) is 0 Å². The van der Waals surface area contributed by atoms with Gasteiger partial charge in [-0.1, -0.05) is 43.5 Å². The summed E-state index contributed by atoms with van der Waals surface area (Å²) in [6, 6.07) is 7.07. The first-order valence-electron chi connectivity index (χ1n) is 7.15. The predicted octanol–water partition coefficient (Wildman–Crippen LogP) is 2.72. The smallest absolute Gasteiger partial charge is 0.224 e. The number of anilines is 1. The maximum atomic E-state index is 11.9. The lowest BCUT2D eigenvalue weighted by Crippen LogP contribution is -2.21. The average molecular weight is 293 g/mol. The van der Waals surface area contributed by atoms with E-state index in [1.807, 2.05) is 6.07 Å². The van der Waals surface area contributed by atoms with E-state index in [2.05, 4.69) is 17.4 Å². The highest BCUT2D eigenvalue weighted by atomic mass is 16.5. The van der Waals surface area contributed by atoms with Gasteiger partial charge in [0.2, 0.25) is 5.91 Å². The molecular weight excluding hydrogens is 270 g/mol. The summed E-state index contributed by atoms with van der Waals surface area (Å²) in [5.74, 6) is 0.424. The summed E-state index contributed by atoms with van der Waals surface area (Å²) >= 11 is 0. The van der Waals surface area contributed by atoms with E-state index in [0.717, 1.165) is 25.7 Å². The van der Waals surface area contributed by atoms with Crippen LogP contribution in [0.1, 0.15) is 39.0 Å². The van der Waals surface area contributed by atoms with Crippen molar-refractivity contribution in [2.75, 3.05) is 11.9 Å². The summed E-state index contributed by atoms with van der Waals surface area (Å²) in [4.78, 5) is 11.9. The second-order valence-electron chi connectivity index (χ2n) is 4.74. The van der Waals surface area contributed by atoms with Gasteiger partial charge >= 0.3 is 0 Å². The molecule has 6 nitrogen and oxygen atoms in total. The van der Waals surface area contributed by atoms with E-state index in [9.17, 15) is 4.79 Å². The van der Waals surface area contributed by atoms with Crippen LogP contribution >= 0.6 is 0 Å². The van der Waals surface area contributed by atoms with Gasteiger partial charge in [0, 0.05) is 6.42 Å². The van der Waals surface area contributed by atoms with E-state index >= 15 is 0 Å². The first-order chi connectivity index (χ1) is 10.2. The summed E-state index contributed by atoms with van der Waals surface area (Å²) in [6.07, 6.45) is 4.73. The van der Waals surface area contributed by atoms with Gasteiger partial charge in [-0.3, -0.25) is 4.79 Å². The van der Waals surface area contributed by atoms with Gasteiger partial charge in [-0.2, -0.15) is 0 Å². The molecule has 0 bridgehead atoms. The third kappa shape index (κ3) is 6.65. The molecule has 0 radical (unpaired) electrons. The van der Waals surface area contributed by atoms with Gasteiger partial charge in [-0.15, -0.1) is 0 Å². The minimum absolute atomic E-state index is 0.0318. The second-order valence-corrected chi connectivity index (χ2v) is 4.74. The predicted molar refractivity (Wildman–Crippen MR) is 82.7 cm³/mol. The molecule has 0 aromatic heterocycles. The molecule has 0 aliphatic rings. The van der Waals surface area contributed by atoms with Crippen LogP contribution in [-0.4, -0.2) is 23.6 Å². The monoisotopic (exact) mass is 293 g/mol. The van der Waals surface area contributed by atoms with Crippen LogP contribution < -0.4 is 15.8 Å². The molecule has 4 N–H and O–H groups in total. The zero-order valence-corrected chi connectivity index (χ0v) is 12.3. The number of oxime groups is 1. The third-order valence-electron chi connectivity index (χ3n) is 2.92. The number of amidine groups is 1. The van der Waals surface area contributed by atoms with Gasteiger partial charge in [0.15, 0.2) is 5.84 Å². The molecule has 0 aliphatic heterocycles. The molecule has 0 fully saturated rings. The van der Waals surface area contributed by atoms with Gasteiger partial charge in [0.25, 0.3) is 0 Å². The van der Waals surface area contributed by atoms with Crippen LogP contribution in [0.25, 0.3) is 0 Å². The van der Waals surface area contributed by atoms with Crippen molar-refractivity contribution in [1.82, 2.24) is 0 Å². The maximum absolute atomic E-state index is 11.9. The molecule has 1 aromatic rings. The van der Waals surface area contributed by atoms with E-state index in [1.54, 1.807) is 18.2 Å². The highest BCUT2D eigenvalue weighted by Crippen LogP contribution is 2.24. The number of hydrogen-bond acceptors (Lipinski definition) is 4. The van der Waals surface area contributed by atoms with Crippen molar-refractivity contribution in [1.29, 1.82) is 0 Å². The molecule has 6 heteroatoms. The molecule has 0 saturated carbocycles. The summed E-state index contributed by atoms with van der Waals surface area (Å²) in [5.41, 5.74) is 5.94. The molecule has 1 amide bonds. The SMILES string of the molecule is CCCCCCC(=O)Nc1ccccc1OC/C(N)=N/O. The van der Waals surface area contributed by atoms with Crippen molar-refractivity contribution in [3.63, 3.8) is 0 Å². The lowest BCUT2D eigenvalue weighted by molar-refractivity contribution is -0.116. The molecule has 0 heterocycles. The van der Waals surface area contributed by atoms with Crippen LogP contribution in [0.15, 0.2) is 29.4 Å². The first-order valence-corrected chi connectivity index (χ1v) is 7.15.